The number of hydrogen-bond donors (Lipinski definition) is 3. The van der Waals surface area contributed by atoms with Crippen molar-refractivity contribution in [3.05, 3.63) is 48.5 Å². The van der Waals surface area contributed by atoms with Crippen LogP contribution in [0.25, 0.3) is 33.0 Å². The number of ketones is 1. The molecule has 0 unspecified atom stereocenters. The molecule has 0 bridgehead atoms. The molecule has 0 fully saturated rings. The number of benzene rings is 2. The van der Waals surface area contributed by atoms with Crippen LogP contribution in [-0.2, 0) is 16.6 Å². The van der Waals surface area contributed by atoms with Gasteiger partial charge in [0, 0.05) is 6.07 Å². The Morgan fingerprint density at radius 2 is 1.75 bits per heavy atom. The second-order valence-electron chi connectivity index (χ2n) is 6.60. The molecular formula is C21H21N4O3+. The molecule has 0 aliphatic carbocycles. The van der Waals surface area contributed by atoms with Crippen molar-refractivity contribution in [3.8, 4) is 0 Å². The predicted molar refractivity (Wildman–Crippen MR) is 108 cm³/mol. The molecule has 28 heavy (non-hydrogen) atoms. The summed E-state index contributed by atoms with van der Waals surface area (Å²) in [6.45, 7) is -0.139. The number of Topliss-reactive ketones (excluding diaryl/α,β-unsaturated/α-hetero) is 1. The zero-order valence-corrected chi connectivity index (χ0v) is 15.5. The van der Waals surface area contributed by atoms with Crippen LogP contribution < -0.4 is 20.9 Å². The van der Waals surface area contributed by atoms with Crippen LogP contribution in [0, 0.1) is 0 Å². The Labute approximate surface area is 161 Å². The second kappa shape index (κ2) is 7.28. The highest BCUT2D eigenvalue weighted by atomic mass is 16.3. The number of hydrogen-bond acceptors (Lipinski definition) is 5. The lowest BCUT2D eigenvalue weighted by atomic mass is 10.1. The molecule has 2 aromatic heterocycles. The third-order valence-corrected chi connectivity index (χ3v) is 4.80. The van der Waals surface area contributed by atoms with Crippen molar-refractivity contribution in [2.75, 3.05) is 25.0 Å². The Balaban J connectivity index is 1.78. The highest BCUT2D eigenvalue weighted by Crippen LogP contribution is 2.35. The van der Waals surface area contributed by atoms with Gasteiger partial charge < -0.3 is 20.8 Å². The number of anilines is 1. The number of rotatable bonds is 6. The van der Waals surface area contributed by atoms with Gasteiger partial charge in [0.2, 0.25) is 17.0 Å². The van der Waals surface area contributed by atoms with Crippen molar-refractivity contribution in [1.82, 2.24) is 5.32 Å². The summed E-state index contributed by atoms with van der Waals surface area (Å²) < 4.78 is 8.24. The Bertz CT molecular complexity index is 1210. The van der Waals surface area contributed by atoms with E-state index in [1.54, 1.807) is 0 Å². The number of amides is 1. The Hall–Kier alpha value is -3.45. The summed E-state index contributed by atoms with van der Waals surface area (Å²) in [6.07, 6.45) is 0. The monoisotopic (exact) mass is 377 g/mol. The third-order valence-electron chi connectivity index (χ3n) is 4.80. The summed E-state index contributed by atoms with van der Waals surface area (Å²) in [5.74, 6) is -0.506. The highest BCUT2D eigenvalue weighted by molar-refractivity contribution is 6.11. The fourth-order valence-electron chi connectivity index (χ4n) is 3.45. The number of fused-ring (bicyclic) bond motifs is 4. The molecule has 1 amide bonds. The maximum Gasteiger partial charge on any atom is 0.261 e. The van der Waals surface area contributed by atoms with E-state index in [9.17, 15) is 9.59 Å². The largest absolute Gasteiger partial charge is 0.447 e. The first-order chi connectivity index (χ1) is 13.6. The number of para-hydroxylation sites is 2. The van der Waals surface area contributed by atoms with E-state index in [0.717, 1.165) is 33.1 Å². The summed E-state index contributed by atoms with van der Waals surface area (Å²) >= 11 is 0. The quantitative estimate of drug-likeness (QED) is 0.443. The maximum absolute atomic E-state index is 12.2. The molecule has 0 radical (unpaired) electrons. The first kappa shape index (κ1) is 17.9. The van der Waals surface area contributed by atoms with Gasteiger partial charge in [-0.2, -0.15) is 4.57 Å². The van der Waals surface area contributed by atoms with Crippen molar-refractivity contribution < 1.29 is 18.6 Å². The van der Waals surface area contributed by atoms with E-state index in [1.165, 1.54) is 0 Å². The maximum atomic E-state index is 12.2. The number of nitrogens with two attached hydrogens (primary N) is 1. The van der Waals surface area contributed by atoms with Gasteiger partial charge in [-0.1, -0.05) is 24.3 Å². The molecule has 0 spiro atoms. The van der Waals surface area contributed by atoms with Crippen LogP contribution in [0.15, 0.2) is 52.9 Å². The van der Waals surface area contributed by atoms with Crippen LogP contribution in [-0.4, -0.2) is 31.3 Å². The Kier molecular flexibility index (Phi) is 4.67. The predicted octanol–water partition coefficient (Wildman–Crippen LogP) is 1.62. The number of carbonyl (C=O) groups is 2. The van der Waals surface area contributed by atoms with E-state index in [-0.39, 0.29) is 31.3 Å². The number of aromatic nitrogens is 1. The zero-order chi connectivity index (χ0) is 19.7. The molecule has 0 saturated carbocycles. The fraction of sp³-hybridized carbons (Fsp3) is 0.190. The van der Waals surface area contributed by atoms with Crippen LogP contribution in [0.4, 0.5) is 5.69 Å². The molecule has 0 aliphatic rings. The summed E-state index contributed by atoms with van der Waals surface area (Å²) in [4.78, 5) is 23.4. The van der Waals surface area contributed by atoms with Gasteiger partial charge >= 0.3 is 0 Å². The summed E-state index contributed by atoms with van der Waals surface area (Å²) in [6, 6.07) is 15.8. The molecule has 7 heteroatoms. The Morgan fingerprint density at radius 3 is 2.54 bits per heavy atom. The van der Waals surface area contributed by atoms with Crippen molar-refractivity contribution in [2.45, 2.75) is 0 Å². The number of aryl methyl sites for hydroxylation is 1. The lowest BCUT2D eigenvalue weighted by Crippen LogP contribution is -2.36. The number of carbonyl (C=O) groups excluding carboxylic acids is 2. The summed E-state index contributed by atoms with van der Waals surface area (Å²) in [5.41, 5.74) is 9.47. The van der Waals surface area contributed by atoms with E-state index in [2.05, 4.69) is 15.2 Å². The minimum atomic E-state index is -0.356. The standard InChI is InChI=1S/C21H20N4O3/c1-25-16-8-4-2-6-14(16)19(24-12-13(26)11-23-18(27)10-22)21-20(25)15-7-3-5-9-17(15)28-21/h2-9H,10-12,22H2,1H3,(H,23,27)/p+1. The van der Waals surface area contributed by atoms with Gasteiger partial charge in [0.05, 0.1) is 36.1 Å². The van der Waals surface area contributed by atoms with Crippen LogP contribution in [0.3, 0.4) is 0 Å². The van der Waals surface area contributed by atoms with Crippen LogP contribution in [0.5, 0.6) is 0 Å². The van der Waals surface area contributed by atoms with Crippen molar-refractivity contribution >= 4 is 50.3 Å². The van der Waals surface area contributed by atoms with Crippen molar-refractivity contribution in [3.63, 3.8) is 0 Å². The van der Waals surface area contributed by atoms with Crippen LogP contribution in [0.1, 0.15) is 0 Å². The molecule has 0 atom stereocenters. The van der Waals surface area contributed by atoms with Gasteiger partial charge in [-0.3, -0.25) is 9.59 Å². The van der Waals surface area contributed by atoms with E-state index < -0.39 is 0 Å². The number of nitrogens with one attached hydrogen (secondary N) is 2. The van der Waals surface area contributed by atoms with E-state index in [0.29, 0.717) is 5.58 Å². The number of nitrogens with zero attached hydrogens (tertiary/aromatic N) is 1. The third kappa shape index (κ3) is 3.05. The van der Waals surface area contributed by atoms with E-state index >= 15 is 0 Å². The summed E-state index contributed by atoms with van der Waals surface area (Å²) in [5, 5.41) is 7.68. The number of pyridine rings is 1. The zero-order valence-electron chi connectivity index (χ0n) is 15.5. The van der Waals surface area contributed by atoms with Gasteiger partial charge in [-0.25, -0.2) is 0 Å². The molecule has 0 saturated heterocycles. The van der Waals surface area contributed by atoms with Crippen LogP contribution in [0.2, 0.25) is 0 Å². The van der Waals surface area contributed by atoms with Gasteiger partial charge in [0.1, 0.15) is 12.6 Å². The van der Waals surface area contributed by atoms with Gasteiger partial charge in [-0.15, -0.1) is 0 Å². The lowest BCUT2D eigenvalue weighted by Gasteiger charge is -2.09. The minimum Gasteiger partial charge on any atom is -0.447 e. The highest BCUT2D eigenvalue weighted by Gasteiger charge is 2.24. The van der Waals surface area contributed by atoms with Gasteiger partial charge in [0.25, 0.3) is 5.52 Å². The lowest BCUT2D eigenvalue weighted by molar-refractivity contribution is -0.616. The average Bonchev–Trinajstić information content (AvgIpc) is 3.11. The summed E-state index contributed by atoms with van der Waals surface area (Å²) in [7, 11) is 2.00. The molecule has 2 heterocycles. The smallest absolute Gasteiger partial charge is 0.261 e. The first-order valence-electron chi connectivity index (χ1n) is 9.04. The first-order valence-corrected chi connectivity index (χ1v) is 9.04. The molecule has 4 N–H and O–H groups in total. The molecular weight excluding hydrogens is 356 g/mol. The molecule has 2 aromatic carbocycles. The van der Waals surface area contributed by atoms with E-state index in [4.69, 9.17) is 10.2 Å². The minimum absolute atomic E-state index is 0.0642. The average molecular weight is 377 g/mol. The van der Waals surface area contributed by atoms with Crippen molar-refractivity contribution in [2.24, 2.45) is 12.8 Å². The normalized spacial score (nSPS) is 11.2. The molecule has 142 valence electrons. The van der Waals surface area contributed by atoms with E-state index in [1.807, 2.05) is 55.6 Å². The SMILES string of the molecule is C[n+]1c2ccccc2c(NCC(=O)CNC(=O)CN)c2oc3ccccc3c21. The second-order valence-corrected chi connectivity index (χ2v) is 6.60. The Morgan fingerprint density at radius 1 is 1.04 bits per heavy atom. The molecule has 4 rings (SSSR count). The van der Waals surface area contributed by atoms with Gasteiger partial charge in [-0.05, 0) is 18.2 Å². The van der Waals surface area contributed by atoms with Crippen LogP contribution >= 0.6 is 0 Å². The molecule has 4 aromatic rings. The molecule has 7 nitrogen and oxygen atoms in total. The van der Waals surface area contributed by atoms with Gasteiger partial charge in [0.15, 0.2) is 5.78 Å². The molecule has 0 aliphatic heterocycles. The van der Waals surface area contributed by atoms with Crippen molar-refractivity contribution in [1.29, 1.82) is 0 Å². The fourth-order valence-corrected chi connectivity index (χ4v) is 3.45. The topological polar surface area (TPSA) is 101 Å². The number of furan rings is 1.